The van der Waals surface area contributed by atoms with E-state index in [1.165, 1.54) is 10.6 Å². The lowest BCUT2D eigenvalue weighted by Gasteiger charge is -2.21. The summed E-state index contributed by atoms with van der Waals surface area (Å²) in [5.74, 6) is 1.60. The number of thiazole rings is 1. The molecule has 144 valence electrons. The van der Waals surface area contributed by atoms with Crippen LogP contribution in [0.25, 0.3) is 0 Å². The van der Waals surface area contributed by atoms with Gasteiger partial charge in [-0.15, -0.1) is 35.3 Å². The summed E-state index contributed by atoms with van der Waals surface area (Å²) in [6.07, 6.45) is 7.35. The maximum absolute atomic E-state index is 4.84. The van der Waals surface area contributed by atoms with Crippen molar-refractivity contribution in [1.29, 1.82) is 0 Å². The Bertz CT molecular complexity index is 710. The minimum Gasteiger partial charge on any atom is -0.357 e. The number of aliphatic imine (C=N–C) groups is 1. The van der Waals surface area contributed by atoms with Crippen molar-refractivity contribution in [2.45, 2.75) is 39.0 Å². The summed E-state index contributed by atoms with van der Waals surface area (Å²) in [6.45, 7) is 7.99. The summed E-state index contributed by atoms with van der Waals surface area (Å²) in [7, 11) is 1.98. The van der Waals surface area contributed by atoms with Crippen LogP contribution in [0.2, 0.25) is 0 Å². The predicted octanol–water partition coefficient (Wildman–Crippen LogP) is 3.19. The van der Waals surface area contributed by atoms with Crippen molar-refractivity contribution in [3.05, 3.63) is 34.0 Å². The zero-order valence-corrected chi connectivity index (χ0v) is 19.0. The molecule has 1 unspecified atom stereocenters. The Morgan fingerprint density at radius 3 is 2.96 bits per heavy atom. The van der Waals surface area contributed by atoms with Crippen LogP contribution in [0.3, 0.4) is 0 Å². The first-order valence-electron chi connectivity index (χ1n) is 9.08. The van der Waals surface area contributed by atoms with Crippen LogP contribution < -0.4 is 5.32 Å². The molecule has 2 aromatic rings. The van der Waals surface area contributed by atoms with Crippen LogP contribution in [-0.2, 0) is 13.5 Å². The molecule has 6 nitrogen and oxygen atoms in total. The summed E-state index contributed by atoms with van der Waals surface area (Å²) in [4.78, 5) is 11.7. The highest BCUT2D eigenvalue weighted by Gasteiger charge is 2.26. The molecule has 1 saturated heterocycles. The van der Waals surface area contributed by atoms with Crippen molar-refractivity contribution in [2.24, 2.45) is 12.0 Å². The second-order valence-corrected chi connectivity index (χ2v) is 7.54. The molecule has 3 rings (SSSR count). The van der Waals surface area contributed by atoms with Crippen LogP contribution >= 0.6 is 35.3 Å². The van der Waals surface area contributed by atoms with Gasteiger partial charge >= 0.3 is 0 Å². The molecule has 3 heterocycles. The Hall–Kier alpha value is -1.16. The number of aromatic nitrogens is 3. The van der Waals surface area contributed by atoms with Crippen LogP contribution in [-0.4, -0.2) is 51.8 Å². The van der Waals surface area contributed by atoms with Gasteiger partial charge in [0.2, 0.25) is 0 Å². The van der Waals surface area contributed by atoms with Gasteiger partial charge in [0.25, 0.3) is 0 Å². The highest BCUT2D eigenvalue weighted by molar-refractivity contribution is 14.0. The van der Waals surface area contributed by atoms with Crippen molar-refractivity contribution in [2.75, 3.05) is 26.2 Å². The summed E-state index contributed by atoms with van der Waals surface area (Å²) in [5, 5.41) is 11.1. The molecule has 0 amide bonds. The number of nitrogens with one attached hydrogen (secondary N) is 1. The minimum absolute atomic E-state index is 0. The van der Waals surface area contributed by atoms with Crippen molar-refractivity contribution in [3.63, 3.8) is 0 Å². The lowest BCUT2D eigenvalue weighted by atomic mass is 10.0. The number of likely N-dealkylation sites (tertiary alicyclic amines) is 1. The van der Waals surface area contributed by atoms with E-state index in [-0.39, 0.29) is 24.0 Å². The monoisotopic (exact) mass is 488 g/mol. The van der Waals surface area contributed by atoms with Crippen LogP contribution in [0.15, 0.2) is 22.8 Å². The van der Waals surface area contributed by atoms with Gasteiger partial charge in [0.05, 0.1) is 11.2 Å². The van der Waals surface area contributed by atoms with Gasteiger partial charge in [0, 0.05) is 62.8 Å². The smallest absolute Gasteiger partial charge is 0.193 e. The van der Waals surface area contributed by atoms with E-state index in [1.807, 2.05) is 24.9 Å². The number of halogens is 1. The fourth-order valence-electron chi connectivity index (χ4n) is 3.23. The normalized spacial score (nSPS) is 17.4. The molecule has 0 saturated carbocycles. The standard InChI is InChI=1S/C18H28N6S.HI/c1-4-19-18(20-8-5-6-17-22-14(2)13-25-17)24-9-7-15(12-24)16-10-21-23(3)11-16;/h10-11,13,15H,4-9,12H2,1-3H3,(H,19,20);1H. The van der Waals surface area contributed by atoms with Gasteiger partial charge in [-0.25, -0.2) is 4.98 Å². The lowest BCUT2D eigenvalue weighted by molar-refractivity contribution is 0.485. The fourth-order valence-corrected chi connectivity index (χ4v) is 4.05. The molecule has 0 aromatic carbocycles. The number of guanidine groups is 1. The predicted molar refractivity (Wildman–Crippen MR) is 119 cm³/mol. The molecular formula is C18H29IN6S. The van der Waals surface area contributed by atoms with Crippen molar-refractivity contribution >= 4 is 41.3 Å². The van der Waals surface area contributed by atoms with E-state index in [2.05, 4.69) is 38.8 Å². The highest BCUT2D eigenvalue weighted by Crippen LogP contribution is 2.26. The Balaban J connectivity index is 0.00000243. The Morgan fingerprint density at radius 2 is 2.31 bits per heavy atom. The molecule has 2 aromatic heterocycles. The average molecular weight is 488 g/mol. The summed E-state index contributed by atoms with van der Waals surface area (Å²) < 4.78 is 1.89. The number of hydrogen-bond donors (Lipinski definition) is 1. The Morgan fingerprint density at radius 1 is 1.46 bits per heavy atom. The lowest BCUT2D eigenvalue weighted by Crippen LogP contribution is -2.40. The van der Waals surface area contributed by atoms with Crippen molar-refractivity contribution in [1.82, 2.24) is 25.0 Å². The average Bonchev–Trinajstić information content (AvgIpc) is 3.31. The molecule has 1 N–H and O–H groups in total. The largest absolute Gasteiger partial charge is 0.357 e. The molecule has 0 spiro atoms. The molecule has 26 heavy (non-hydrogen) atoms. The third-order valence-corrected chi connectivity index (χ3v) is 5.52. The second-order valence-electron chi connectivity index (χ2n) is 6.60. The van der Waals surface area contributed by atoms with Gasteiger partial charge in [0.15, 0.2) is 5.96 Å². The van der Waals surface area contributed by atoms with Gasteiger partial charge in [-0.1, -0.05) is 0 Å². The van der Waals surface area contributed by atoms with Crippen LogP contribution in [0.5, 0.6) is 0 Å². The van der Waals surface area contributed by atoms with Gasteiger partial charge in [-0.3, -0.25) is 9.67 Å². The number of nitrogens with zero attached hydrogens (tertiary/aromatic N) is 5. The fraction of sp³-hybridized carbons (Fsp3) is 0.611. The molecule has 1 aliphatic heterocycles. The molecule has 1 fully saturated rings. The molecule has 8 heteroatoms. The molecule has 0 bridgehead atoms. The first-order chi connectivity index (χ1) is 12.2. The molecule has 1 atom stereocenters. The maximum Gasteiger partial charge on any atom is 0.193 e. The quantitative estimate of drug-likeness (QED) is 0.294. The Kier molecular flexibility index (Phi) is 8.33. The third kappa shape index (κ3) is 5.67. The third-order valence-electron chi connectivity index (χ3n) is 4.50. The van der Waals surface area contributed by atoms with E-state index < -0.39 is 0 Å². The van der Waals surface area contributed by atoms with Gasteiger partial charge < -0.3 is 10.2 Å². The number of hydrogen-bond acceptors (Lipinski definition) is 4. The van der Waals surface area contributed by atoms with Gasteiger partial charge in [-0.2, -0.15) is 5.10 Å². The van der Waals surface area contributed by atoms with Gasteiger partial charge in [-0.05, 0) is 32.3 Å². The van der Waals surface area contributed by atoms with E-state index in [4.69, 9.17) is 4.99 Å². The number of rotatable bonds is 6. The minimum atomic E-state index is 0. The molecular weight excluding hydrogens is 459 g/mol. The van der Waals surface area contributed by atoms with E-state index in [9.17, 15) is 0 Å². The van der Waals surface area contributed by atoms with Crippen LogP contribution in [0.4, 0.5) is 0 Å². The first kappa shape index (κ1) is 21.1. The molecule has 0 aliphatic carbocycles. The Labute approximate surface area is 177 Å². The van der Waals surface area contributed by atoms with E-state index >= 15 is 0 Å². The SMILES string of the molecule is CCNC(=NCCCc1nc(C)cs1)N1CCC(c2cnn(C)c2)C1.I. The first-order valence-corrected chi connectivity index (χ1v) is 9.96. The highest BCUT2D eigenvalue weighted by atomic mass is 127. The second kappa shape index (κ2) is 10.2. The van der Waals surface area contributed by atoms with Crippen LogP contribution in [0, 0.1) is 6.92 Å². The summed E-state index contributed by atoms with van der Waals surface area (Å²) in [5.41, 5.74) is 2.45. The maximum atomic E-state index is 4.84. The molecule has 1 aliphatic rings. The van der Waals surface area contributed by atoms with E-state index in [1.54, 1.807) is 11.3 Å². The summed E-state index contributed by atoms with van der Waals surface area (Å²) >= 11 is 1.75. The number of aryl methyl sites for hydroxylation is 3. The van der Waals surface area contributed by atoms with E-state index in [0.29, 0.717) is 5.92 Å². The summed E-state index contributed by atoms with van der Waals surface area (Å²) in [6, 6.07) is 0. The van der Waals surface area contributed by atoms with Gasteiger partial charge in [0.1, 0.15) is 0 Å². The van der Waals surface area contributed by atoms with Crippen LogP contribution in [0.1, 0.15) is 41.9 Å². The van der Waals surface area contributed by atoms with Crippen molar-refractivity contribution < 1.29 is 0 Å². The zero-order valence-electron chi connectivity index (χ0n) is 15.8. The van der Waals surface area contributed by atoms with Crippen molar-refractivity contribution in [3.8, 4) is 0 Å². The zero-order chi connectivity index (χ0) is 17.6. The molecule has 0 radical (unpaired) electrons. The van der Waals surface area contributed by atoms with E-state index in [0.717, 1.165) is 57.1 Å². The topological polar surface area (TPSA) is 58.3 Å².